The van der Waals surface area contributed by atoms with Crippen LogP contribution in [-0.4, -0.2) is 19.9 Å². The number of pyridine rings is 2. The molecule has 0 amide bonds. The highest BCUT2D eigenvalue weighted by atomic mass is 19.2. The van der Waals surface area contributed by atoms with Gasteiger partial charge in [-0.2, -0.15) is 0 Å². The Bertz CT molecular complexity index is 1420. The summed E-state index contributed by atoms with van der Waals surface area (Å²) in [5, 5.41) is 3.74. The maximum atomic E-state index is 13.8. The molecule has 8 heteroatoms. The van der Waals surface area contributed by atoms with Crippen LogP contribution in [0.5, 0.6) is 5.75 Å². The van der Waals surface area contributed by atoms with Crippen LogP contribution in [0, 0.1) is 11.6 Å². The highest BCUT2D eigenvalue weighted by molar-refractivity contribution is 5.93. The van der Waals surface area contributed by atoms with Crippen LogP contribution in [0.15, 0.2) is 85.3 Å². The van der Waals surface area contributed by atoms with Gasteiger partial charge in [-0.1, -0.05) is 6.07 Å². The summed E-state index contributed by atoms with van der Waals surface area (Å²) >= 11 is 0. The largest absolute Gasteiger partial charge is 0.487 e. The molecule has 2 aromatic carbocycles. The van der Waals surface area contributed by atoms with Crippen molar-refractivity contribution in [3.05, 3.63) is 103 Å². The molecule has 0 radical (unpaired) electrons. The van der Waals surface area contributed by atoms with Gasteiger partial charge in [0.05, 0.1) is 11.2 Å². The molecule has 0 saturated heterocycles. The predicted molar refractivity (Wildman–Crippen MR) is 121 cm³/mol. The summed E-state index contributed by atoms with van der Waals surface area (Å²) in [6.07, 6.45) is 5.03. The zero-order valence-electron chi connectivity index (χ0n) is 17.2. The van der Waals surface area contributed by atoms with Gasteiger partial charge in [-0.05, 0) is 54.6 Å². The van der Waals surface area contributed by atoms with Gasteiger partial charge in [-0.15, -0.1) is 0 Å². The molecule has 5 aromatic rings. The number of ether oxygens (including phenoxy) is 1. The SMILES string of the molecule is Fc1ccc(Nc2nc(-c3cccnc3)nc3ccc(OCc4ccccn4)cc23)cc1F. The van der Waals surface area contributed by atoms with Crippen molar-refractivity contribution < 1.29 is 13.5 Å². The van der Waals surface area contributed by atoms with E-state index in [1.165, 1.54) is 6.07 Å². The number of halogens is 2. The van der Waals surface area contributed by atoms with Gasteiger partial charge in [-0.25, -0.2) is 18.7 Å². The number of aromatic nitrogens is 4. The van der Waals surface area contributed by atoms with Gasteiger partial charge in [0.1, 0.15) is 18.2 Å². The van der Waals surface area contributed by atoms with Crippen molar-refractivity contribution in [3.8, 4) is 17.1 Å². The lowest BCUT2D eigenvalue weighted by molar-refractivity contribution is 0.302. The molecule has 0 bridgehead atoms. The third-order valence-electron chi connectivity index (χ3n) is 4.88. The minimum absolute atomic E-state index is 0.299. The fourth-order valence-corrected chi connectivity index (χ4v) is 3.27. The topological polar surface area (TPSA) is 72.8 Å². The Morgan fingerprint density at radius 3 is 2.58 bits per heavy atom. The van der Waals surface area contributed by atoms with Crippen LogP contribution in [0.4, 0.5) is 20.3 Å². The molecule has 0 aliphatic carbocycles. The van der Waals surface area contributed by atoms with Gasteiger partial charge in [0.15, 0.2) is 17.5 Å². The van der Waals surface area contributed by atoms with Crippen molar-refractivity contribution in [2.75, 3.05) is 5.32 Å². The average molecular weight is 441 g/mol. The van der Waals surface area contributed by atoms with E-state index >= 15 is 0 Å². The summed E-state index contributed by atoms with van der Waals surface area (Å²) in [7, 11) is 0. The number of rotatable bonds is 6. The highest BCUT2D eigenvalue weighted by Crippen LogP contribution is 2.30. The summed E-state index contributed by atoms with van der Waals surface area (Å²) in [5.41, 5.74) is 2.52. The number of fused-ring (bicyclic) bond motifs is 1. The molecular weight excluding hydrogens is 424 g/mol. The first-order valence-electron chi connectivity index (χ1n) is 10.1. The van der Waals surface area contributed by atoms with Crippen LogP contribution in [0.3, 0.4) is 0 Å². The zero-order valence-corrected chi connectivity index (χ0v) is 17.2. The molecule has 5 rings (SSSR count). The lowest BCUT2D eigenvalue weighted by atomic mass is 10.2. The first-order chi connectivity index (χ1) is 16.2. The molecule has 0 spiro atoms. The normalized spacial score (nSPS) is 10.8. The van der Waals surface area contributed by atoms with E-state index in [1.807, 2.05) is 36.4 Å². The lowest BCUT2D eigenvalue weighted by Gasteiger charge is -2.13. The van der Waals surface area contributed by atoms with E-state index in [1.54, 1.807) is 30.7 Å². The van der Waals surface area contributed by atoms with Gasteiger partial charge >= 0.3 is 0 Å². The minimum atomic E-state index is -0.953. The second kappa shape index (κ2) is 8.96. The molecule has 3 aromatic heterocycles. The van der Waals surface area contributed by atoms with Crippen molar-refractivity contribution in [2.45, 2.75) is 6.61 Å². The maximum Gasteiger partial charge on any atom is 0.163 e. The number of hydrogen-bond donors (Lipinski definition) is 1. The van der Waals surface area contributed by atoms with E-state index < -0.39 is 11.6 Å². The fraction of sp³-hybridized carbons (Fsp3) is 0.0400. The standard InChI is InChI=1S/C25H17F2N5O/c26-21-8-6-17(12-22(21)27)30-25-20-13-19(33-15-18-5-1-2-11-29-18)7-9-23(20)31-24(32-25)16-4-3-10-28-14-16/h1-14H,15H2,(H,30,31,32). The van der Waals surface area contributed by atoms with Crippen molar-refractivity contribution >= 4 is 22.4 Å². The second-order valence-corrected chi connectivity index (χ2v) is 7.18. The van der Waals surface area contributed by atoms with E-state index in [2.05, 4.69) is 25.3 Å². The molecule has 0 atom stereocenters. The average Bonchev–Trinajstić information content (AvgIpc) is 2.86. The highest BCUT2D eigenvalue weighted by Gasteiger charge is 2.13. The quantitative estimate of drug-likeness (QED) is 0.365. The Kier molecular flexibility index (Phi) is 5.55. The van der Waals surface area contributed by atoms with Gasteiger partial charge in [-0.3, -0.25) is 9.97 Å². The monoisotopic (exact) mass is 441 g/mol. The first-order valence-corrected chi connectivity index (χ1v) is 10.1. The van der Waals surface area contributed by atoms with E-state index in [0.717, 1.165) is 23.4 Å². The molecule has 1 N–H and O–H groups in total. The number of benzene rings is 2. The van der Waals surface area contributed by atoms with Gasteiger partial charge in [0.2, 0.25) is 0 Å². The number of nitrogens with one attached hydrogen (secondary N) is 1. The van der Waals surface area contributed by atoms with Crippen LogP contribution in [0.25, 0.3) is 22.3 Å². The molecule has 162 valence electrons. The Labute approximate surface area is 188 Å². The Balaban J connectivity index is 1.55. The molecule has 0 fully saturated rings. The molecule has 0 aliphatic heterocycles. The van der Waals surface area contributed by atoms with Crippen LogP contribution in [0.2, 0.25) is 0 Å². The fourth-order valence-electron chi connectivity index (χ4n) is 3.27. The molecule has 6 nitrogen and oxygen atoms in total. The molecule has 0 saturated carbocycles. The Morgan fingerprint density at radius 1 is 0.848 bits per heavy atom. The Morgan fingerprint density at radius 2 is 1.79 bits per heavy atom. The minimum Gasteiger partial charge on any atom is -0.487 e. The second-order valence-electron chi connectivity index (χ2n) is 7.18. The van der Waals surface area contributed by atoms with Gasteiger partial charge in [0.25, 0.3) is 0 Å². The zero-order chi connectivity index (χ0) is 22.6. The molecule has 3 heterocycles. The van der Waals surface area contributed by atoms with E-state index in [0.29, 0.717) is 40.6 Å². The molecule has 0 unspecified atom stereocenters. The van der Waals surface area contributed by atoms with Crippen molar-refractivity contribution in [2.24, 2.45) is 0 Å². The summed E-state index contributed by atoms with van der Waals surface area (Å²) in [5.74, 6) is -0.408. The maximum absolute atomic E-state index is 13.8. The number of anilines is 2. The third kappa shape index (κ3) is 4.59. The van der Waals surface area contributed by atoms with Gasteiger partial charge < -0.3 is 10.1 Å². The van der Waals surface area contributed by atoms with Crippen molar-refractivity contribution in [3.63, 3.8) is 0 Å². The van der Waals surface area contributed by atoms with Gasteiger partial charge in [0, 0.05) is 41.3 Å². The smallest absolute Gasteiger partial charge is 0.163 e. The lowest BCUT2D eigenvalue weighted by Crippen LogP contribution is -2.01. The Hall–Kier alpha value is -4.46. The predicted octanol–water partition coefficient (Wildman–Crippen LogP) is 5.69. The van der Waals surface area contributed by atoms with Crippen molar-refractivity contribution in [1.82, 2.24) is 19.9 Å². The van der Waals surface area contributed by atoms with E-state index in [9.17, 15) is 8.78 Å². The number of hydrogen-bond acceptors (Lipinski definition) is 6. The van der Waals surface area contributed by atoms with E-state index in [-0.39, 0.29) is 0 Å². The summed E-state index contributed by atoms with van der Waals surface area (Å²) in [6.45, 7) is 0.299. The molecule has 33 heavy (non-hydrogen) atoms. The number of nitrogens with zero attached hydrogens (tertiary/aromatic N) is 4. The van der Waals surface area contributed by atoms with Crippen LogP contribution in [0.1, 0.15) is 5.69 Å². The van der Waals surface area contributed by atoms with Crippen LogP contribution < -0.4 is 10.1 Å². The molecule has 0 aliphatic rings. The summed E-state index contributed by atoms with van der Waals surface area (Å²) in [6, 6.07) is 18.3. The first kappa shape index (κ1) is 20.4. The van der Waals surface area contributed by atoms with Crippen LogP contribution >= 0.6 is 0 Å². The van der Waals surface area contributed by atoms with E-state index in [4.69, 9.17) is 4.74 Å². The summed E-state index contributed by atoms with van der Waals surface area (Å²) < 4.78 is 33.1. The molecular formula is C25H17F2N5O. The van der Waals surface area contributed by atoms with Crippen molar-refractivity contribution in [1.29, 1.82) is 0 Å². The van der Waals surface area contributed by atoms with Crippen LogP contribution in [-0.2, 0) is 6.61 Å². The third-order valence-corrected chi connectivity index (χ3v) is 4.88. The summed E-state index contributed by atoms with van der Waals surface area (Å²) in [4.78, 5) is 17.7.